The van der Waals surface area contributed by atoms with Gasteiger partial charge >= 0.3 is 0 Å². The topological polar surface area (TPSA) is 95.1 Å². The fraction of sp³-hybridized carbons (Fsp3) is 0.438. The summed E-state index contributed by atoms with van der Waals surface area (Å²) in [6, 6.07) is 15.0. The maximum Gasteiger partial charge on any atom is 0.212 e. The molecule has 0 saturated carbocycles. The lowest BCUT2D eigenvalue weighted by Crippen LogP contribution is -2.68. The molecule has 9 rings (SSSR count). The van der Waals surface area contributed by atoms with Crippen molar-refractivity contribution in [2.75, 3.05) is 49.8 Å². The van der Waals surface area contributed by atoms with Gasteiger partial charge in [-0.15, -0.1) is 0 Å². The number of hydrogen-bond acceptors (Lipinski definition) is 10. The maximum atomic E-state index is 9.78. The summed E-state index contributed by atoms with van der Waals surface area (Å²) in [6.45, 7) is 4.40. The highest BCUT2D eigenvalue weighted by Crippen LogP contribution is 2.38. The number of methoxy groups -OCH3 is 1. The van der Waals surface area contributed by atoms with Gasteiger partial charge in [-0.05, 0) is 36.6 Å². The molecule has 0 amide bonds. The SMILES string of the molecule is COc1ccc(CN2C3CC2CN(c2ccc(-c4cc(OCCN5C6CSCC5C6)cn5ncc(C#N)c45)cn2)C3)cn1. The monoisotopic (exact) mass is 594 g/mol. The van der Waals surface area contributed by atoms with E-state index in [4.69, 9.17) is 14.5 Å². The molecule has 0 spiro atoms. The summed E-state index contributed by atoms with van der Waals surface area (Å²) in [6.07, 6.45) is 9.88. The van der Waals surface area contributed by atoms with Gasteiger partial charge in [0.25, 0.3) is 0 Å². The van der Waals surface area contributed by atoms with Crippen LogP contribution >= 0.6 is 11.8 Å². The number of piperazine rings is 1. The molecular formula is C32H34N8O2S. The number of aromatic nitrogens is 4. The minimum absolute atomic E-state index is 0.510. The van der Waals surface area contributed by atoms with Crippen LogP contribution in [0.15, 0.2) is 55.1 Å². The lowest BCUT2D eigenvalue weighted by Gasteiger charge is -2.56. The lowest BCUT2D eigenvalue weighted by atomic mass is 9.87. The molecule has 4 aromatic rings. The number of rotatable bonds is 9. The van der Waals surface area contributed by atoms with Crippen LogP contribution in [0.5, 0.6) is 11.6 Å². The molecule has 0 N–H and O–H groups in total. The molecular weight excluding hydrogens is 560 g/mol. The third kappa shape index (κ3) is 4.87. The second-order valence-corrected chi connectivity index (χ2v) is 13.0. The van der Waals surface area contributed by atoms with Gasteiger partial charge in [0.15, 0.2) is 0 Å². The van der Waals surface area contributed by atoms with Crippen molar-refractivity contribution in [1.29, 1.82) is 5.26 Å². The summed E-state index contributed by atoms with van der Waals surface area (Å²) >= 11 is 2.07. The standard InChI is InChI=1S/C32H34N8O2S/c1-41-31-5-2-21(12-35-31)15-39-24-8-25(39)17-37(16-24)30-4-3-22(13-34-30)29-10-28(18-40-32(29)23(11-33)14-36-40)42-7-6-38-26-9-27(38)20-43-19-26/h2-5,10,12-14,18,24-27H,6-9,15-17,19-20H2,1H3. The Morgan fingerprint density at radius 1 is 0.977 bits per heavy atom. The van der Waals surface area contributed by atoms with E-state index in [2.05, 4.69) is 60.8 Å². The zero-order chi connectivity index (χ0) is 28.9. The smallest absolute Gasteiger partial charge is 0.212 e. The van der Waals surface area contributed by atoms with Gasteiger partial charge < -0.3 is 14.4 Å². The predicted octanol–water partition coefficient (Wildman–Crippen LogP) is 3.70. The number of nitrogens with zero attached hydrogens (tertiary/aromatic N) is 8. The first-order chi connectivity index (χ1) is 21.2. The Balaban J connectivity index is 0.963. The minimum Gasteiger partial charge on any atom is -0.491 e. The number of ether oxygens (including phenoxy) is 2. The van der Waals surface area contributed by atoms with E-state index >= 15 is 0 Å². The Bertz CT molecular complexity index is 1640. The maximum absolute atomic E-state index is 9.78. The summed E-state index contributed by atoms with van der Waals surface area (Å²) in [5, 5.41) is 14.2. The average Bonchev–Trinajstić information content (AvgIpc) is 3.49. The summed E-state index contributed by atoms with van der Waals surface area (Å²) in [4.78, 5) is 16.8. The molecule has 9 heterocycles. The number of anilines is 1. The molecule has 0 aromatic carbocycles. The van der Waals surface area contributed by atoms with Crippen molar-refractivity contribution in [3.8, 4) is 28.8 Å². The van der Waals surface area contributed by atoms with Gasteiger partial charge in [0.05, 0.1) is 30.6 Å². The van der Waals surface area contributed by atoms with Gasteiger partial charge in [0.2, 0.25) is 5.88 Å². The summed E-state index contributed by atoms with van der Waals surface area (Å²) in [7, 11) is 1.64. The molecule has 4 unspecified atom stereocenters. The van der Waals surface area contributed by atoms with E-state index in [0.29, 0.717) is 42.2 Å². The lowest BCUT2D eigenvalue weighted by molar-refractivity contribution is -0.00876. The first-order valence-electron chi connectivity index (χ1n) is 15.0. The Morgan fingerprint density at radius 3 is 2.51 bits per heavy atom. The number of piperidine rings is 1. The molecule has 5 aliphatic heterocycles. The van der Waals surface area contributed by atoms with Crippen LogP contribution in [0, 0.1) is 11.3 Å². The summed E-state index contributed by atoms with van der Waals surface area (Å²) in [5.74, 6) is 4.85. The van der Waals surface area contributed by atoms with Gasteiger partial charge in [0.1, 0.15) is 24.2 Å². The van der Waals surface area contributed by atoms with Crippen LogP contribution in [-0.4, -0.2) is 98.4 Å². The van der Waals surface area contributed by atoms with Crippen LogP contribution in [-0.2, 0) is 6.54 Å². The summed E-state index contributed by atoms with van der Waals surface area (Å²) < 4.78 is 13.2. The van der Waals surface area contributed by atoms with Crippen LogP contribution in [0.3, 0.4) is 0 Å². The minimum atomic E-state index is 0.510. The Hall–Kier alpha value is -3.85. The highest BCUT2D eigenvalue weighted by molar-refractivity contribution is 7.99. The van der Waals surface area contributed by atoms with Gasteiger partial charge in [-0.3, -0.25) is 9.80 Å². The van der Waals surface area contributed by atoms with Crippen molar-refractivity contribution in [2.45, 2.75) is 43.6 Å². The number of pyridine rings is 3. The predicted molar refractivity (Wildman–Crippen MR) is 166 cm³/mol. The summed E-state index contributed by atoms with van der Waals surface area (Å²) in [5.41, 5.74) is 4.38. The molecule has 11 heteroatoms. The van der Waals surface area contributed by atoms with E-state index in [1.807, 2.05) is 30.7 Å². The highest BCUT2D eigenvalue weighted by Gasteiger charge is 2.45. The van der Waals surface area contributed by atoms with E-state index < -0.39 is 0 Å². The molecule has 10 nitrogen and oxygen atoms in total. The first kappa shape index (κ1) is 26.8. The molecule has 43 heavy (non-hydrogen) atoms. The molecule has 4 bridgehead atoms. The van der Waals surface area contributed by atoms with Crippen LogP contribution in [0.25, 0.3) is 16.6 Å². The third-order valence-corrected chi connectivity index (χ3v) is 10.8. The zero-order valence-electron chi connectivity index (χ0n) is 24.2. The normalized spacial score (nSPS) is 24.7. The fourth-order valence-corrected chi connectivity index (χ4v) is 8.56. The van der Waals surface area contributed by atoms with Crippen LogP contribution in [0.4, 0.5) is 5.82 Å². The number of fused-ring (bicyclic) bond motifs is 5. The first-order valence-corrected chi connectivity index (χ1v) is 16.2. The molecule has 0 radical (unpaired) electrons. The second-order valence-electron chi connectivity index (χ2n) is 12.0. The third-order valence-electron chi connectivity index (χ3n) is 9.53. The van der Waals surface area contributed by atoms with E-state index in [9.17, 15) is 5.26 Å². The molecule has 5 fully saturated rings. The Morgan fingerprint density at radius 2 is 1.81 bits per heavy atom. The van der Waals surface area contributed by atoms with Crippen molar-refractivity contribution in [3.63, 3.8) is 0 Å². The Labute approximate surface area is 255 Å². The van der Waals surface area contributed by atoms with Gasteiger partial charge in [-0.1, -0.05) is 6.07 Å². The average molecular weight is 595 g/mol. The molecule has 4 aromatic heterocycles. The van der Waals surface area contributed by atoms with E-state index in [1.54, 1.807) is 17.8 Å². The van der Waals surface area contributed by atoms with Gasteiger partial charge in [-0.2, -0.15) is 22.1 Å². The van der Waals surface area contributed by atoms with E-state index in [-0.39, 0.29) is 0 Å². The van der Waals surface area contributed by atoms with Crippen molar-refractivity contribution in [3.05, 3.63) is 66.2 Å². The molecule has 4 atom stereocenters. The van der Waals surface area contributed by atoms with Gasteiger partial charge in [0, 0.05) is 91.4 Å². The van der Waals surface area contributed by atoms with Crippen molar-refractivity contribution < 1.29 is 9.47 Å². The second kappa shape index (κ2) is 11.0. The van der Waals surface area contributed by atoms with Gasteiger partial charge in [-0.25, -0.2) is 14.5 Å². The Kier molecular flexibility index (Phi) is 6.85. The van der Waals surface area contributed by atoms with Crippen molar-refractivity contribution >= 4 is 23.1 Å². The largest absolute Gasteiger partial charge is 0.491 e. The van der Waals surface area contributed by atoms with E-state index in [0.717, 1.165) is 54.4 Å². The van der Waals surface area contributed by atoms with Crippen LogP contribution < -0.4 is 14.4 Å². The highest BCUT2D eigenvalue weighted by atomic mass is 32.2. The molecule has 0 aliphatic carbocycles. The molecule has 220 valence electrons. The quantitative estimate of drug-likeness (QED) is 0.286. The van der Waals surface area contributed by atoms with Crippen molar-refractivity contribution in [1.82, 2.24) is 29.4 Å². The molecule has 5 saturated heterocycles. The number of nitriles is 1. The van der Waals surface area contributed by atoms with Crippen LogP contribution in [0.2, 0.25) is 0 Å². The molecule has 5 aliphatic rings. The van der Waals surface area contributed by atoms with E-state index in [1.165, 1.54) is 29.9 Å². The fourth-order valence-electron chi connectivity index (χ4n) is 7.23. The number of hydrogen-bond donors (Lipinski definition) is 0. The van der Waals surface area contributed by atoms with Crippen LogP contribution in [0.1, 0.15) is 24.0 Å². The number of thioether (sulfide) groups is 1. The zero-order valence-corrected chi connectivity index (χ0v) is 25.0. The van der Waals surface area contributed by atoms with Crippen molar-refractivity contribution in [2.24, 2.45) is 0 Å².